The summed E-state index contributed by atoms with van der Waals surface area (Å²) >= 11 is 0. The van der Waals surface area contributed by atoms with Gasteiger partial charge in [0.1, 0.15) is 17.5 Å². The third-order valence-electron chi connectivity index (χ3n) is 4.50. The van der Waals surface area contributed by atoms with Gasteiger partial charge in [-0.25, -0.2) is 14.4 Å². The molecule has 28 heavy (non-hydrogen) atoms. The highest BCUT2D eigenvalue weighted by atomic mass is 19.1. The lowest BCUT2D eigenvalue weighted by Crippen LogP contribution is -2.20. The Morgan fingerprint density at radius 1 is 0.929 bits per heavy atom. The summed E-state index contributed by atoms with van der Waals surface area (Å²) in [6, 6.07) is 14.7. The molecule has 0 aliphatic rings. The largest absolute Gasteiger partial charge is 0.369 e. The number of hydrogen-bond donors (Lipinski definition) is 1. The molecule has 0 bridgehead atoms. The molecule has 0 spiro atoms. The van der Waals surface area contributed by atoms with Crippen molar-refractivity contribution in [2.24, 2.45) is 0 Å². The van der Waals surface area contributed by atoms with Gasteiger partial charge in [-0.1, -0.05) is 24.3 Å². The molecular weight excluding hydrogens is 353 g/mol. The van der Waals surface area contributed by atoms with Crippen molar-refractivity contribution in [3.05, 3.63) is 65.7 Å². The van der Waals surface area contributed by atoms with E-state index in [-0.39, 0.29) is 5.82 Å². The van der Waals surface area contributed by atoms with Gasteiger partial charge in [-0.15, -0.1) is 0 Å². The average molecular weight is 381 g/mol. The first kappa shape index (κ1) is 20.2. The molecule has 0 atom stereocenters. The van der Waals surface area contributed by atoms with Crippen LogP contribution in [0, 0.1) is 5.82 Å². The first-order valence-electron chi connectivity index (χ1n) is 9.58. The Balaban J connectivity index is 1.72. The summed E-state index contributed by atoms with van der Waals surface area (Å²) in [4.78, 5) is 13.8. The van der Waals surface area contributed by atoms with E-state index in [9.17, 15) is 4.39 Å². The van der Waals surface area contributed by atoms with Crippen molar-refractivity contribution >= 4 is 16.7 Å². The molecule has 0 saturated heterocycles. The van der Waals surface area contributed by atoms with Gasteiger partial charge in [0.05, 0.1) is 12.1 Å². The minimum atomic E-state index is -0.214. The van der Waals surface area contributed by atoms with Crippen LogP contribution in [0.2, 0.25) is 0 Å². The lowest BCUT2D eigenvalue weighted by molar-refractivity contribution is 0.311. The highest BCUT2D eigenvalue weighted by Crippen LogP contribution is 2.21. The fourth-order valence-corrected chi connectivity index (χ4v) is 3.13. The Morgan fingerprint density at radius 3 is 2.43 bits per heavy atom. The fourth-order valence-electron chi connectivity index (χ4n) is 3.13. The zero-order valence-electron chi connectivity index (χ0n) is 16.8. The van der Waals surface area contributed by atoms with Gasteiger partial charge in [-0.05, 0) is 63.9 Å². The molecule has 148 valence electrons. The van der Waals surface area contributed by atoms with Gasteiger partial charge in [0, 0.05) is 18.5 Å². The molecule has 5 nitrogen and oxygen atoms in total. The minimum absolute atomic E-state index is 0.214. The Kier molecular flexibility index (Phi) is 6.90. The molecular formula is C22H28FN5. The molecule has 0 unspecified atom stereocenters. The van der Waals surface area contributed by atoms with Gasteiger partial charge in [0.15, 0.2) is 0 Å². The summed E-state index contributed by atoms with van der Waals surface area (Å²) in [5.41, 5.74) is 2.00. The summed E-state index contributed by atoms with van der Waals surface area (Å²) in [5, 5.41) is 4.51. The second-order valence-electron chi connectivity index (χ2n) is 7.39. The average Bonchev–Trinajstić information content (AvgIpc) is 2.66. The molecule has 0 radical (unpaired) electrons. The van der Waals surface area contributed by atoms with Crippen LogP contribution in [0.4, 0.5) is 10.2 Å². The van der Waals surface area contributed by atoms with Crippen molar-refractivity contribution in [1.29, 1.82) is 0 Å². The molecule has 0 aliphatic heterocycles. The van der Waals surface area contributed by atoms with E-state index in [1.807, 2.05) is 37.4 Å². The van der Waals surface area contributed by atoms with Crippen LogP contribution in [0.5, 0.6) is 0 Å². The first-order chi connectivity index (χ1) is 13.5. The number of anilines is 1. The second kappa shape index (κ2) is 9.57. The number of benzene rings is 2. The van der Waals surface area contributed by atoms with Crippen LogP contribution < -0.4 is 5.32 Å². The van der Waals surface area contributed by atoms with Crippen LogP contribution in [-0.2, 0) is 13.1 Å². The number of rotatable bonds is 9. The molecule has 2 aromatic carbocycles. The predicted molar refractivity (Wildman–Crippen MR) is 113 cm³/mol. The van der Waals surface area contributed by atoms with Gasteiger partial charge in [0.2, 0.25) is 0 Å². The Labute approximate surface area is 166 Å². The normalized spacial score (nSPS) is 11.5. The monoisotopic (exact) mass is 381 g/mol. The zero-order valence-corrected chi connectivity index (χ0v) is 16.8. The van der Waals surface area contributed by atoms with E-state index < -0.39 is 0 Å². The molecule has 1 heterocycles. The lowest BCUT2D eigenvalue weighted by atomic mass is 10.2. The van der Waals surface area contributed by atoms with Crippen molar-refractivity contribution < 1.29 is 4.39 Å². The number of fused-ring (bicyclic) bond motifs is 1. The highest BCUT2D eigenvalue weighted by Gasteiger charge is 2.10. The Bertz CT molecular complexity index is 895. The van der Waals surface area contributed by atoms with Crippen molar-refractivity contribution in [2.75, 3.05) is 39.5 Å². The summed E-state index contributed by atoms with van der Waals surface area (Å²) in [5.74, 6) is 1.45. The Hall–Kier alpha value is -2.57. The van der Waals surface area contributed by atoms with Crippen LogP contribution in [-0.4, -0.2) is 54.0 Å². The number of nitrogens with zero attached hydrogens (tertiary/aromatic N) is 4. The van der Waals surface area contributed by atoms with E-state index in [4.69, 9.17) is 9.97 Å². The van der Waals surface area contributed by atoms with Crippen molar-refractivity contribution in [1.82, 2.24) is 19.8 Å². The molecule has 3 aromatic rings. The van der Waals surface area contributed by atoms with E-state index in [0.29, 0.717) is 13.1 Å². The van der Waals surface area contributed by atoms with E-state index in [0.717, 1.165) is 47.6 Å². The van der Waals surface area contributed by atoms with Gasteiger partial charge in [-0.3, -0.25) is 4.90 Å². The molecule has 1 N–H and O–H groups in total. The van der Waals surface area contributed by atoms with Crippen molar-refractivity contribution in [3.63, 3.8) is 0 Å². The molecule has 0 aliphatic carbocycles. The first-order valence-corrected chi connectivity index (χ1v) is 9.58. The predicted octanol–water partition coefficient (Wildman–Crippen LogP) is 3.76. The lowest BCUT2D eigenvalue weighted by Gasteiger charge is -2.17. The van der Waals surface area contributed by atoms with Gasteiger partial charge < -0.3 is 10.2 Å². The third-order valence-corrected chi connectivity index (χ3v) is 4.50. The molecule has 0 saturated carbocycles. The number of halogens is 1. The zero-order chi connectivity index (χ0) is 19.9. The molecule has 0 amide bonds. The number of hydrogen-bond acceptors (Lipinski definition) is 5. The molecule has 0 fully saturated rings. The fraction of sp³-hybridized carbons (Fsp3) is 0.364. The quantitative estimate of drug-likeness (QED) is 0.572. The Morgan fingerprint density at radius 2 is 1.68 bits per heavy atom. The number of nitrogens with one attached hydrogen (secondary N) is 1. The summed E-state index contributed by atoms with van der Waals surface area (Å²) < 4.78 is 13.1. The summed E-state index contributed by atoms with van der Waals surface area (Å²) in [7, 11) is 6.18. The van der Waals surface area contributed by atoms with Gasteiger partial charge in [0.25, 0.3) is 0 Å². The van der Waals surface area contributed by atoms with Crippen LogP contribution >= 0.6 is 0 Å². The van der Waals surface area contributed by atoms with Crippen molar-refractivity contribution in [2.45, 2.75) is 19.5 Å². The van der Waals surface area contributed by atoms with Crippen LogP contribution in [0.15, 0.2) is 48.5 Å². The summed E-state index contributed by atoms with van der Waals surface area (Å²) in [6.45, 7) is 3.23. The van der Waals surface area contributed by atoms with Gasteiger partial charge >= 0.3 is 0 Å². The molecule has 3 rings (SSSR count). The topological polar surface area (TPSA) is 44.3 Å². The van der Waals surface area contributed by atoms with Crippen LogP contribution in [0.1, 0.15) is 17.8 Å². The SMILES string of the molecule is CN(C)CCCNc1nc(CN(C)Cc2ccc(F)cc2)nc2ccccc12. The molecule has 6 heteroatoms. The second-order valence-corrected chi connectivity index (χ2v) is 7.39. The van der Waals surface area contributed by atoms with Gasteiger partial charge in [-0.2, -0.15) is 0 Å². The van der Waals surface area contributed by atoms with Crippen LogP contribution in [0.25, 0.3) is 10.9 Å². The number of para-hydroxylation sites is 1. The van der Waals surface area contributed by atoms with E-state index in [1.165, 1.54) is 12.1 Å². The maximum Gasteiger partial charge on any atom is 0.145 e. The molecule has 1 aromatic heterocycles. The van der Waals surface area contributed by atoms with Crippen LogP contribution in [0.3, 0.4) is 0 Å². The third kappa shape index (κ3) is 5.71. The standard InChI is InChI=1S/C22H28FN5/c1-27(2)14-6-13-24-22-19-7-4-5-8-20(19)25-21(26-22)16-28(3)15-17-9-11-18(23)12-10-17/h4-5,7-12H,6,13-16H2,1-3H3,(H,24,25,26). The maximum atomic E-state index is 13.1. The highest BCUT2D eigenvalue weighted by molar-refractivity contribution is 5.88. The number of aromatic nitrogens is 2. The maximum absolute atomic E-state index is 13.1. The van der Waals surface area contributed by atoms with E-state index in [2.05, 4.69) is 35.3 Å². The van der Waals surface area contributed by atoms with E-state index in [1.54, 1.807) is 0 Å². The smallest absolute Gasteiger partial charge is 0.145 e. The summed E-state index contributed by atoms with van der Waals surface area (Å²) in [6.07, 6.45) is 1.05. The van der Waals surface area contributed by atoms with Crippen molar-refractivity contribution in [3.8, 4) is 0 Å². The minimum Gasteiger partial charge on any atom is -0.369 e. The van der Waals surface area contributed by atoms with E-state index >= 15 is 0 Å².